The molecule has 0 bridgehead atoms. The van der Waals surface area contributed by atoms with Crippen LogP contribution in [0, 0.1) is 5.21 Å². The van der Waals surface area contributed by atoms with E-state index in [4.69, 9.17) is 0 Å². The summed E-state index contributed by atoms with van der Waals surface area (Å²) in [6.07, 6.45) is 1.04. The van der Waals surface area contributed by atoms with Gasteiger partial charge in [0.2, 0.25) is 0 Å². The summed E-state index contributed by atoms with van der Waals surface area (Å²) in [5, 5.41) is 11.9. The number of pyridine rings is 1. The Morgan fingerprint density at radius 1 is 1.11 bits per heavy atom. The van der Waals surface area contributed by atoms with Crippen LogP contribution >= 0.6 is 0 Å². The van der Waals surface area contributed by atoms with Gasteiger partial charge in [0.1, 0.15) is 5.56 Å². The van der Waals surface area contributed by atoms with E-state index < -0.39 is 17.4 Å². The van der Waals surface area contributed by atoms with Gasteiger partial charge in [-0.2, -0.15) is 4.73 Å². The predicted octanol–water partition coefficient (Wildman–Crippen LogP) is 1.19. The van der Waals surface area contributed by atoms with E-state index in [0.29, 0.717) is 10.4 Å². The van der Waals surface area contributed by atoms with Crippen LogP contribution in [-0.4, -0.2) is 26.2 Å². The van der Waals surface area contributed by atoms with E-state index >= 15 is 0 Å². The summed E-state index contributed by atoms with van der Waals surface area (Å²) in [6.45, 7) is 5.49. The molecule has 1 rings (SSSR count). The summed E-state index contributed by atoms with van der Waals surface area (Å²) in [6, 6.07) is 1.37. The van der Waals surface area contributed by atoms with E-state index in [2.05, 4.69) is 9.47 Å². The number of methoxy groups -OCH3 is 2. The van der Waals surface area contributed by atoms with Gasteiger partial charge in [-0.25, -0.2) is 9.59 Å². The van der Waals surface area contributed by atoms with Crippen molar-refractivity contribution in [2.24, 2.45) is 0 Å². The number of carbonyl (C=O) groups is 2. The topological polar surface area (TPSA) is 79.5 Å². The second kappa shape index (κ2) is 5.26. The number of rotatable bonds is 2. The number of ether oxygens (including phenoxy) is 2. The van der Waals surface area contributed by atoms with Gasteiger partial charge < -0.3 is 14.7 Å². The lowest BCUT2D eigenvalue weighted by Gasteiger charge is -2.19. The fourth-order valence-corrected chi connectivity index (χ4v) is 1.63. The molecule has 0 amide bonds. The standard InChI is InChI=1S/C13H17NO5/c1-13(2,3)10-6-8(11(15)18-4)9(7-14(10)17)12(16)19-5/h6-7H,1-5H3. The Morgan fingerprint density at radius 2 is 1.58 bits per heavy atom. The fourth-order valence-electron chi connectivity index (χ4n) is 1.63. The predicted molar refractivity (Wildman–Crippen MR) is 66.8 cm³/mol. The molecule has 1 heterocycles. The molecular formula is C13H17NO5. The van der Waals surface area contributed by atoms with E-state index in [1.54, 1.807) is 0 Å². The highest BCUT2D eigenvalue weighted by molar-refractivity contribution is 6.02. The molecule has 0 unspecified atom stereocenters. The van der Waals surface area contributed by atoms with Crippen molar-refractivity contribution >= 4 is 11.9 Å². The quantitative estimate of drug-likeness (QED) is 0.457. The second-order valence-corrected chi connectivity index (χ2v) is 5.04. The average molecular weight is 267 g/mol. The van der Waals surface area contributed by atoms with Gasteiger partial charge in [-0.15, -0.1) is 0 Å². The van der Waals surface area contributed by atoms with Crippen molar-refractivity contribution in [3.05, 3.63) is 34.3 Å². The molecule has 0 aliphatic heterocycles. The van der Waals surface area contributed by atoms with Gasteiger partial charge in [-0.05, 0) is 0 Å². The largest absolute Gasteiger partial charge is 0.618 e. The van der Waals surface area contributed by atoms with Gasteiger partial charge in [0.15, 0.2) is 11.9 Å². The van der Waals surface area contributed by atoms with E-state index in [1.165, 1.54) is 20.3 Å². The highest BCUT2D eigenvalue weighted by atomic mass is 16.5. The van der Waals surface area contributed by atoms with Gasteiger partial charge in [0.25, 0.3) is 0 Å². The van der Waals surface area contributed by atoms with Crippen LogP contribution in [0.1, 0.15) is 47.2 Å². The molecule has 0 aromatic carbocycles. The third kappa shape index (κ3) is 3.01. The Bertz CT molecular complexity index is 517. The van der Waals surface area contributed by atoms with Gasteiger partial charge >= 0.3 is 11.9 Å². The number of hydrogen-bond donors (Lipinski definition) is 0. The maximum Gasteiger partial charge on any atom is 0.344 e. The molecule has 1 aromatic heterocycles. The first-order chi connectivity index (χ1) is 8.72. The Hall–Kier alpha value is -2.11. The zero-order valence-electron chi connectivity index (χ0n) is 11.6. The lowest BCUT2D eigenvalue weighted by Crippen LogP contribution is -2.40. The molecule has 0 atom stereocenters. The number of nitrogens with zero attached hydrogens (tertiary/aromatic N) is 1. The van der Waals surface area contributed by atoms with Crippen LogP contribution in [0.15, 0.2) is 12.3 Å². The number of hydrogen-bond acceptors (Lipinski definition) is 5. The number of aromatic nitrogens is 1. The third-order valence-corrected chi connectivity index (χ3v) is 2.63. The van der Waals surface area contributed by atoms with Crippen molar-refractivity contribution in [2.75, 3.05) is 14.2 Å². The smallest absolute Gasteiger partial charge is 0.344 e. The van der Waals surface area contributed by atoms with Gasteiger partial charge in [-0.3, -0.25) is 0 Å². The normalized spacial score (nSPS) is 11.0. The lowest BCUT2D eigenvalue weighted by molar-refractivity contribution is -0.618. The van der Waals surface area contributed by atoms with Crippen molar-refractivity contribution in [3.63, 3.8) is 0 Å². The van der Waals surface area contributed by atoms with Crippen LogP contribution in [0.2, 0.25) is 0 Å². The van der Waals surface area contributed by atoms with Crippen LogP contribution in [0.4, 0.5) is 0 Å². The van der Waals surface area contributed by atoms with Crippen LogP contribution in [0.3, 0.4) is 0 Å². The maximum atomic E-state index is 11.9. The molecule has 6 nitrogen and oxygen atoms in total. The number of esters is 2. The summed E-state index contributed by atoms with van der Waals surface area (Å²) in [4.78, 5) is 23.3. The molecule has 0 saturated heterocycles. The van der Waals surface area contributed by atoms with Crippen molar-refractivity contribution in [3.8, 4) is 0 Å². The number of carbonyl (C=O) groups excluding carboxylic acids is 2. The van der Waals surface area contributed by atoms with Crippen molar-refractivity contribution < 1.29 is 23.8 Å². The van der Waals surface area contributed by atoms with Crippen LogP contribution in [0.25, 0.3) is 0 Å². The van der Waals surface area contributed by atoms with E-state index in [-0.39, 0.29) is 11.1 Å². The molecule has 0 spiro atoms. The van der Waals surface area contributed by atoms with Crippen molar-refractivity contribution in [1.29, 1.82) is 0 Å². The SMILES string of the molecule is COC(=O)c1cc(C(C)(C)C)[n+]([O-])cc1C(=O)OC. The van der Waals surface area contributed by atoms with Gasteiger partial charge in [-0.1, -0.05) is 20.8 Å². The summed E-state index contributed by atoms with van der Waals surface area (Å²) in [5.41, 5.74) is -0.205. The molecule has 104 valence electrons. The summed E-state index contributed by atoms with van der Waals surface area (Å²) in [5.74, 6) is -1.45. The van der Waals surface area contributed by atoms with E-state index in [0.717, 1.165) is 6.20 Å². The van der Waals surface area contributed by atoms with Crippen molar-refractivity contribution in [1.82, 2.24) is 0 Å². The monoisotopic (exact) mass is 267 g/mol. The molecule has 0 aliphatic rings. The lowest BCUT2D eigenvalue weighted by atomic mass is 9.90. The highest BCUT2D eigenvalue weighted by Crippen LogP contribution is 2.22. The summed E-state index contributed by atoms with van der Waals surface area (Å²) in [7, 11) is 2.38. The minimum absolute atomic E-state index is 0.0198. The summed E-state index contributed by atoms with van der Waals surface area (Å²) >= 11 is 0. The molecule has 6 heteroatoms. The first-order valence-corrected chi connectivity index (χ1v) is 5.66. The Labute approximate surface area is 111 Å². The first kappa shape index (κ1) is 14.9. The molecule has 1 aromatic rings. The third-order valence-electron chi connectivity index (χ3n) is 2.63. The maximum absolute atomic E-state index is 11.9. The minimum atomic E-state index is -0.759. The van der Waals surface area contributed by atoms with Gasteiger partial charge in [0, 0.05) is 11.5 Å². The molecular weight excluding hydrogens is 250 g/mol. The zero-order valence-corrected chi connectivity index (χ0v) is 11.6. The molecule has 0 fully saturated rings. The molecule has 0 aliphatic carbocycles. The van der Waals surface area contributed by atoms with E-state index in [9.17, 15) is 14.8 Å². The zero-order chi connectivity index (χ0) is 14.8. The fraction of sp³-hybridized carbons (Fsp3) is 0.462. The molecule has 0 N–H and O–H groups in total. The second-order valence-electron chi connectivity index (χ2n) is 5.04. The summed E-state index contributed by atoms with van der Waals surface area (Å²) < 4.78 is 9.74. The van der Waals surface area contributed by atoms with Crippen molar-refractivity contribution in [2.45, 2.75) is 26.2 Å². The minimum Gasteiger partial charge on any atom is -0.618 e. The molecule has 19 heavy (non-hydrogen) atoms. The highest BCUT2D eigenvalue weighted by Gasteiger charge is 2.30. The van der Waals surface area contributed by atoms with Crippen LogP contribution in [-0.2, 0) is 14.9 Å². The Kier molecular flexibility index (Phi) is 4.14. The Morgan fingerprint density at radius 3 is 2.00 bits per heavy atom. The van der Waals surface area contributed by atoms with Crippen LogP contribution in [0.5, 0.6) is 0 Å². The van der Waals surface area contributed by atoms with E-state index in [1.807, 2.05) is 20.8 Å². The molecule has 0 saturated carbocycles. The average Bonchev–Trinajstić information content (AvgIpc) is 2.35. The molecule has 0 radical (unpaired) electrons. The first-order valence-electron chi connectivity index (χ1n) is 5.66. The van der Waals surface area contributed by atoms with Crippen LogP contribution < -0.4 is 4.73 Å². The Balaban J connectivity index is 3.55. The van der Waals surface area contributed by atoms with Gasteiger partial charge in [0.05, 0.1) is 19.8 Å².